The minimum atomic E-state index is -0.233. The lowest BCUT2D eigenvalue weighted by molar-refractivity contribution is 0.301. The van der Waals surface area contributed by atoms with Crippen molar-refractivity contribution in [3.05, 3.63) is 95.6 Å². The molecule has 0 spiro atoms. The number of hydrogen-bond donors (Lipinski definition) is 2. The van der Waals surface area contributed by atoms with Gasteiger partial charge >= 0.3 is 0 Å². The second kappa shape index (κ2) is 10.1. The first-order chi connectivity index (χ1) is 13.7. The lowest BCUT2D eigenvalue weighted by Crippen LogP contribution is -2.36. The van der Waals surface area contributed by atoms with Crippen LogP contribution in [0.25, 0.3) is 0 Å². The smallest absolute Gasteiger partial charge is 0.191 e. The Morgan fingerprint density at radius 1 is 1.00 bits per heavy atom. The van der Waals surface area contributed by atoms with Crippen LogP contribution >= 0.6 is 0 Å². The van der Waals surface area contributed by atoms with Gasteiger partial charge in [-0.2, -0.15) is 0 Å². The van der Waals surface area contributed by atoms with Crippen LogP contribution in [0.1, 0.15) is 16.8 Å². The van der Waals surface area contributed by atoms with Crippen LogP contribution in [0.3, 0.4) is 0 Å². The van der Waals surface area contributed by atoms with Crippen molar-refractivity contribution < 1.29 is 9.13 Å². The maximum Gasteiger partial charge on any atom is 0.191 e. The number of nitrogens with zero attached hydrogens (tertiary/aromatic N) is 2. The molecular weight excluding hydrogens is 355 g/mol. The summed E-state index contributed by atoms with van der Waals surface area (Å²) in [4.78, 5) is 8.43. The molecular formula is C22H23FN4O. The van der Waals surface area contributed by atoms with Gasteiger partial charge < -0.3 is 15.4 Å². The van der Waals surface area contributed by atoms with Crippen LogP contribution in [0.4, 0.5) is 4.39 Å². The molecule has 5 nitrogen and oxygen atoms in total. The van der Waals surface area contributed by atoms with Gasteiger partial charge in [0.2, 0.25) is 0 Å². The van der Waals surface area contributed by atoms with E-state index in [1.165, 1.54) is 6.07 Å². The van der Waals surface area contributed by atoms with Gasteiger partial charge in [-0.1, -0.05) is 36.4 Å². The van der Waals surface area contributed by atoms with E-state index in [0.29, 0.717) is 31.2 Å². The molecule has 0 aliphatic carbocycles. The molecule has 6 heteroatoms. The fraction of sp³-hybridized carbons (Fsp3) is 0.182. The number of aromatic nitrogens is 1. The normalized spacial score (nSPS) is 11.1. The van der Waals surface area contributed by atoms with E-state index < -0.39 is 0 Å². The maximum absolute atomic E-state index is 13.7. The SMILES string of the molecule is CN=C(NCc1cccc(OCc2ccccn2)c1)NCc1ccccc1F. The van der Waals surface area contributed by atoms with Crippen molar-refractivity contribution in [1.29, 1.82) is 0 Å². The van der Waals surface area contributed by atoms with Crippen molar-refractivity contribution in [2.24, 2.45) is 4.99 Å². The molecule has 0 aliphatic heterocycles. The zero-order chi connectivity index (χ0) is 19.6. The van der Waals surface area contributed by atoms with Gasteiger partial charge in [-0.05, 0) is 35.9 Å². The summed E-state index contributed by atoms with van der Waals surface area (Å²) in [6, 6.07) is 20.3. The molecule has 28 heavy (non-hydrogen) atoms. The fourth-order valence-corrected chi connectivity index (χ4v) is 2.61. The van der Waals surface area contributed by atoms with Crippen molar-refractivity contribution in [2.45, 2.75) is 19.7 Å². The number of pyridine rings is 1. The van der Waals surface area contributed by atoms with E-state index in [9.17, 15) is 4.39 Å². The molecule has 2 aromatic carbocycles. The Morgan fingerprint density at radius 3 is 2.61 bits per heavy atom. The summed E-state index contributed by atoms with van der Waals surface area (Å²) < 4.78 is 19.5. The molecule has 0 atom stereocenters. The molecule has 0 fully saturated rings. The predicted molar refractivity (Wildman–Crippen MR) is 108 cm³/mol. The highest BCUT2D eigenvalue weighted by Crippen LogP contribution is 2.14. The molecule has 1 aromatic heterocycles. The standard InChI is InChI=1S/C22H23FN4O/c1-24-22(27-15-18-8-2-3-11-21(18)23)26-14-17-7-6-10-20(13-17)28-16-19-9-4-5-12-25-19/h2-13H,14-16H2,1H3,(H2,24,26,27). The van der Waals surface area contributed by atoms with Gasteiger partial charge in [-0.3, -0.25) is 9.98 Å². The monoisotopic (exact) mass is 378 g/mol. The average Bonchev–Trinajstić information content (AvgIpc) is 2.74. The Labute approximate surface area is 164 Å². The van der Waals surface area contributed by atoms with Gasteiger partial charge in [-0.25, -0.2) is 4.39 Å². The molecule has 144 valence electrons. The second-order valence-electron chi connectivity index (χ2n) is 6.13. The minimum Gasteiger partial charge on any atom is -0.487 e. The number of ether oxygens (including phenoxy) is 1. The number of benzene rings is 2. The first kappa shape index (κ1) is 19.4. The van der Waals surface area contributed by atoms with Gasteiger partial charge in [0.25, 0.3) is 0 Å². The van der Waals surface area contributed by atoms with Crippen molar-refractivity contribution in [3.8, 4) is 5.75 Å². The Hall–Kier alpha value is -3.41. The van der Waals surface area contributed by atoms with Crippen LogP contribution in [0.2, 0.25) is 0 Å². The topological polar surface area (TPSA) is 58.5 Å². The van der Waals surface area contributed by atoms with Gasteiger partial charge in [0.1, 0.15) is 18.2 Å². The molecule has 0 aliphatic rings. The van der Waals surface area contributed by atoms with Crippen molar-refractivity contribution in [2.75, 3.05) is 7.05 Å². The number of hydrogen-bond acceptors (Lipinski definition) is 3. The van der Waals surface area contributed by atoms with E-state index in [-0.39, 0.29) is 5.82 Å². The molecule has 0 bridgehead atoms. The summed E-state index contributed by atoms with van der Waals surface area (Å²) in [7, 11) is 1.68. The largest absolute Gasteiger partial charge is 0.487 e. The van der Waals surface area contributed by atoms with Crippen molar-refractivity contribution in [1.82, 2.24) is 15.6 Å². The zero-order valence-electron chi connectivity index (χ0n) is 15.7. The van der Waals surface area contributed by atoms with E-state index in [4.69, 9.17) is 4.74 Å². The van der Waals surface area contributed by atoms with E-state index in [0.717, 1.165) is 17.0 Å². The molecule has 2 N–H and O–H groups in total. The predicted octanol–water partition coefficient (Wildman–Crippen LogP) is 3.66. The highest BCUT2D eigenvalue weighted by atomic mass is 19.1. The van der Waals surface area contributed by atoms with E-state index in [2.05, 4.69) is 20.6 Å². The number of aliphatic imine (C=N–C) groups is 1. The summed E-state index contributed by atoms with van der Waals surface area (Å²) in [5, 5.41) is 6.34. The van der Waals surface area contributed by atoms with E-state index >= 15 is 0 Å². The third-order valence-corrected chi connectivity index (χ3v) is 4.10. The van der Waals surface area contributed by atoms with Crippen molar-refractivity contribution in [3.63, 3.8) is 0 Å². The summed E-state index contributed by atoms with van der Waals surface area (Å²) in [5.74, 6) is 1.14. The van der Waals surface area contributed by atoms with Crippen LogP contribution in [-0.4, -0.2) is 18.0 Å². The maximum atomic E-state index is 13.7. The lowest BCUT2D eigenvalue weighted by Gasteiger charge is -2.13. The van der Waals surface area contributed by atoms with Crippen LogP contribution in [-0.2, 0) is 19.7 Å². The Balaban J connectivity index is 1.51. The summed E-state index contributed by atoms with van der Waals surface area (Å²) in [5.41, 5.74) is 2.52. The lowest BCUT2D eigenvalue weighted by atomic mass is 10.2. The molecule has 3 aromatic rings. The molecule has 0 saturated heterocycles. The third kappa shape index (κ3) is 5.81. The first-order valence-electron chi connectivity index (χ1n) is 9.04. The highest BCUT2D eigenvalue weighted by Gasteiger charge is 2.04. The second-order valence-corrected chi connectivity index (χ2v) is 6.13. The van der Waals surface area contributed by atoms with E-state index in [1.54, 1.807) is 25.4 Å². The first-order valence-corrected chi connectivity index (χ1v) is 9.04. The van der Waals surface area contributed by atoms with Crippen molar-refractivity contribution >= 4 is 5.96 Å². The Morgan fingerprint density at radius 2 is 1.82 bits per heavy atom. The van der Waals surface area contributed by atoms with Crippen LogP contribution in [0.15, 0.2) is 77.9 Å². The van der Waals surface area contributed by atoms with Gasteiger partial charge in [0.05, 0.1) is 5.69 Å². The molecule has 0 unspecified atom stereocenters. The number of guanidine groups is 1. The minimum absolute atomic E-state index is 0.233. The Kier molecular flexibility index (Phi) is 6.95. The fourth-order valence-electron chi connectivity index (χ4n) is 2.61. The van der Waals surface area contributed by atoms with Gasteiger partial charge in [0.15, 0.2) is 5.96 Å². The third-order valence-electron chi connectivity index (χ3n) is 4.10. The average molecular weight is 378 g/mol. The summed E-state index contributed by atoms with van der Waals surface area (Å²) in [6.45, 7) is 1.35. The number of halogens is 1. The van der Waals surface area contributed by atoms with Crippen LogP contribution in [0.5, 0.6) is 5.75 Å². The molecule has 0 saturated carbocycles. The summed E-state index contributed by atoms with van der Waals surface area (Å²) >= 11 is 0. The molecule has 0 radical (unpaired) electrons. The molecule has 1 heterocycles. The number of nitrogens with one attached hydrogen (secondary N) is 2. The Bertz CT molecular complexity index is 915. The number of rotatable bonds is 7. The van der Waals surface area contributed by atoms with Gasteiger partial charge in [0, 0.05) is 31.9 Å². The van der Waals surface area contributed by atoms with Crippen LogP contribution < -0.4 is 15.4 Å². The summed E-state index contributed by atoms with van der Waals surface area (Å²) in [6.07, 6.45) is 1.75. The van der Waals surface area contributed by atoms with Crippen LogP contribution in [0, 0.1) is 5.82 Å². The molecule has 3 rings (SSSR count). The van der Waals surface area contributed by atoms with Gasteiger partial charge in [-0.15, -0.1) is 0 Å². The zero-order valence-corrected chi connectivity index (χ0v) is 15.7. The quantitative estimate of drug-likeness (QED) is 0.487. The van der Waals surface area contributed by atoms with E-state index in [1.807, 2.05) is 48.5 Å². The molecule has 0 amide bonds. The highest BCUT2D eigenvalue weighted by molar-refractivity contribution is 5.79.